The van der Waals surface area contributed by atoms with Crippen molar-refractivity contribution in [3.63, 3.8) is 0 Å². The van der Waals surface area contributed by atoms with E-state index >= 15 is 0 Å². The van der Waals surface area contributed by atoms with E-state index in [9.17, 15) is 18.4 Å². The lowest BCUT2D eigenvalue weighted by Crippen LogP contribution is -2.06. The van der Waals surface area contributed by atoms with E-state index in [1.807, 2.05) is 27.3 Å². The Morgan fingerprint density at radius 3 is 2.70 bits per heavy atom. The van der Waals surface area contributed by atoms with Crippen LogP contribution >= 0.6 is 46.3 Å². The Labute approximate surface area is 154 Å². The van der Waals surface area contributed by atoms with Gasteiger partial charge in [-0.1, -0.05) is 15.9 Å². The fourth-order valence-corrected chi connectivity index (χ4v) is 3.21. The average Bonchev–Trinajstić information content (AvgIpc) is 2.87. The molecule has 4 nitrogen and oxygen atoms in total. The van der Waals surface area contributed by atoms with Gasteiger partial charge in [0.1, 0.15) is 11.9 Å². The predicted molar refractivity (Wildman–Crippen MR) is 92.1 cm³/mol. The van der Waals surface area contributed by atoms with E-state index in [-0.39, 0.29) is 5.82 Å². The van der Waals surface area contributed by atoms with Crippen LogP contribution < -0.4 is 0 Å². The zero-order valence-electron chi connectivity index (χ0n) is 11.4. The lowest BCUT2D eigenvalue weighted by Gasteiger charge is -2.15. The molecule has 1 atom stereocenters. The molecule has 122 valence electrons. The van der Waals surface area contributed by atoms with E-state index in [1.54, 1.807) is 18.2 Å². The van der Waals surface area contributed by atoms with Crippen molar-refractivity contribution in [2.24, 2.45) is 0 Å². The topological polar surface area (TPSA) is 50.8 Å². The highest BCUT2D eigenvalue weighted by molar-refractivity contribution is 14.2. The number of benzene rings is 1. The van der Waals surface area contributed by atoms with Crippen LogP contribution in [0.3, 0.4) is 0 Å². The van der Waals surface area contributed by atoms with Crippen molar-refractivity contribution in [2.45, 2.75) is 19.2 Å². The first-order valence-corrected chi connectivity index (χ1v) is 10.1. The third kappa shape index (κ3) is 4.20. The third-order valence-corrected chi connectivity index (χ3v) is 4.34. The van der Waals surface area contributed by atoms with Gasteiger partial charge in [0.05, 0.1) is 14.9 Å². The maximum Gasteiger partial charge on any atom is 0.434 e. The fraction of sp³-hybridized carbons (Fsp3) is 0.231. The van der Waals surface area contributed by atoms with Crippen molar-refractivity contribution < 1.29 is 17.4 Å². The first kappa shape index (κ1) is 18.6. The van der Waals surface area contributed by atoms with Crippen molar-refractivity contribution in [3.8, 4) is 11.8 Å². The molecule has 2 aromatic rings. The molecule has 0 bridgehead atoms. The molecule has 1 aromatic carbocycles. The van der Waals surface area contributed by atoms with Crippen LogP contribution in [0.5, 0.6) is 0 Å². The van der Waals surface area contributed by atoms with E-state index in [0.29, 0.717) is 15.7 Å². The molecule has 1 heterocycles. The number of imidazole rings is 1. The standard InChI is InChI=1S/C13H8BrF3IN3OS/c1-7-20-12(13(15,16)17)6-21(7)10-3-2-8(14)4-9(10)11(5-19)22-23-18/h2-4,6,11H,1H3. The molecule has 10 heteroatoms. The van der Waals surface area contributed by atoms with Crippen LogP contribution in [0.4, 0.5) is 13.2 Å². The van der Waals surface area contributed by atoms with Gasteiger partial charge in [0, 0.05) is 37.4 Å². The summed E-state index contributed by atoms with van der Waals surface area (Å²) in [5, 5.41) is 9.26. The molecule has 2 rings (SSSR count). The molecule has 0 aliphatic heterocycles. The Morgan fingerprint density at radius 2 is 2.17 bits per heavy atom. The largest absolute Gasteiger partial charge is 0.434 e. The Balaban J connectivity index is 2.61. The van der Waals surface area contributed by atoms with Crippen LogP contribution in [0.15, 0.2) is 28.9 Å². The maximum atomic E-state index is 12.8. The summed E-state index contributed by atoms with van der Waals surface area (Å²) >= 11 is 5.17. The van der Waals surface area contributed by atoms with Crippen LogP contribution in [0.25, 0.3) is 5.69 Å². The van der Waals surface area contributed by atoms with Gasteiger partial charge < -0.3 is 4.57 Å². The number of alkyl halides is 3. The Bertz CT molecular complexity index is 760. The summed E-state index contributed by atoms with van der Waals surface area (Å²) in [6, 6.07) is 6.92. The first-order valence-electron chi connectivity index (χ1n) is 6.04. The molecular formula is C13H8BrF3IN3OS. The van der Waals surface area contributed by atoms with Crippen molar-refractivity contribution >= 4 is 46.3 Å². The number of halogens is 5. The van der Waals surface area contributed by atoms with Gasteiger partial charge >= 0.3 is 6.18 Å². The van der Waals surface area contributed by atoms with E-state index < -0.39 is 18.0 Å². The van der Waals surface area contributed by atoms with Gasteiger partial charge in [-0.25, -0.2) is 4.98 Å². The van der Waals surface area contributed by atoms with Gasteiger partial charge in [-0.15, -0.1) is 0 Å². The number of hydrogen-bond donors (Lipinski definition) is 0. The van der Waals surface area contributed by atoms with Crippen molar-refractivity contribution in [1.29, 1.82) is 5.26 Å². The molecule has 0 aliphatic carbocycles. The smallest absolute Gasteiger partial charge is 0.303 e. The molecule has 0 amide bonds. The minimum absolute atomic E-state index is 0.166. The highest BCUT2D eigenvalue weighted by Crippen LogP contribution is 2.34. The molecular weight excluding hydrogens is 510 g/mol. The summed E-state index contributed by atoms with van der Waals surface area (Å²) in [5.74, 6) is 0.166. The monoisotopic (exact) mass is 517 g/mol. The van der Waals surface area contributed by atoms with Gasteiger partial charge in [0.25, 0.3) is 0 Å². The first-order chi connectivity index (χ1) is 10.8. The fourth-order valence-electron chi connectivity index (χ4n) is 1.99. The highest BCUT2D eigenvalue weighted by Gasteiger charge is 2.34. The minimum atomic E-state index is -4.53. The molecule has 0 radical (unpaired) electrons. The molecule has 0 saturated carbocycles. The average molecular weight is 518 g/mol. The number of nitrogens with zero attached hydrogens (tertiary/aromatic N) is 3. The molecule has 23 heavy (non-hydrogen) atoms. The van der Waals surface area contributed by atoms with Gasteiger partial charge in [-0.05, 0) is 25.1 Å². The van der Waals surface area contributed by atoms with Crippen molar-refractivity contribution in [1.82, 2.24) is 9.55 Å². The van der Waals surface area contributed by atoms with E-state index in [0.717, 1.165) is 15.4 Å². The number of hydrogen-bond acceptors (Lipinski definition) is 4. The summed E-state index contributed by atoms with van der Waals surface area (Å²) in [6.07, 6.45) is -4.55. The summed E-state index contributed by atoms with van der Waals surface area (Å²) in [5.41, 5.74) is -0.132. The second-order valence-electron chi connectivity index (χ2n) is 4.41. The zero-order valence-corrected chi connectivity index (χ0v) is 16.0. The van der Waals surface area contributed by atoms with Crippen molar-refractivity contribution in [3.05, 3.63) is 46.0 Å². The molecule has 0 fully saturated rings. The lowest BCUT2D eigenvalue weighted by molar-refractivity contribution is -0.141. The summed E-state index contributed by atoms with van der Waals surface area (Å²) in [7, 11) is 0.980. The lowest BCUT2D eigenvalue weighted by atomic mass is 10.1. The zero-order chi connectivity index (χ0) is 17.2. The molecule has 0 aliphatic rings. The van der Waals surface area contributed by atoms with Gasteiger partial charge in [0.2, 0.25) is 0 Å². The van der Waals surface area contributed by atoms with Crippen LogP contribution in [0, 0.1) is 18.3 Å². The number of nitriles is 1. The van der Waals surface area contributed by atoms with Crippen LogP contribution in [0.1, 0.15) is 23.2 Å². The molecule has 0 spiro atoms. The second-order valence-corrected chi connectivity index (χ2v) is 6.73. The maximum absolute atomic E-state index is 12.8. The SMILES string of the molecule is Cc1nc(C(F)(F)F)cn1-c1ccc(Br)cc1C(C#N)OSI. The minimum Gasteiger partial charge on any atom is -0.303 e. The van der Waals surface area contributed by atoms with Gasteiger partial charge in [-0.2, -0.15) is 18.4 Å². The molecule has 0 N–H and O–H groups in total. The Hall–Kier alpha value is -0.770. The third-order valence-electron chi connectivity index (χ3n) is 2.95. The van der Waals surface area contributed by atoms with Crippen LogP contribution in [0.2, 0.25) is 0 Å². The Morgan fingerprint density at radius 1 is 1.48 bits per heavy atom. The molecule has 1 aromatic heterocycles. The number of aryl methyl sites for hydroxylation is 1. The van der Waals surface area contributed by atoms with Gasteiger partial charge in [-0.3, -0.25) is 4.18 Å². The van der Waals surface area contributed by atoms with Crippen LogP contribution in [-0.4, -0.2) is 9.55 Å². The predicted octanol–water partition coefficient (Wildman–Crippen LogP) is 5.54. The van der Waals surface area contributed by atoms with Crippen LogP contribution in [-0.2, 0) is 10.4 Å². The normalized spacial score (nSPS) is 12.9. The van der Waals surface area contributed by atoms with E-state index in [4.69, 9.17) is 4.18 Å². The summed E-state index contributed by atoms with van der Waals surface area (Å²) in [6.45, 7) is 1.47. The number of rotatable bonds is 4. The van der Waals surface area contributed by atoms with Gasteiger partial charge in [0.15, 0.2) is 11.8 Å². The highest BCUT2D eigenvalue weighted by atomic mass is 127. The van der Waals surface area contributed by atoms with E-state index in [1.165, 1.54) is 11.5 Å². The molecule has 1 unspecified atom stereocenters. The summed E-state index contributed by atoms with van der Waals surface area (Å²) in [4.78, 5) is 3.55. The quantitative estimate of drug-likeness (QED) is 0.394. The van der Waals surface area contributed by atoms with E-state index in [2.05, 4.69) is 20.9 Å². The van der Waals surface area contributed by atoms with Crippen molar-refractivity contribution in [2.75, 3.05) is 0 Å². The second kappa shape index (κ2) is 7.42. The molecule has 0 saturated heterocycles. The summed E-state index contributed by atoms with van der Waals surface area (Å²) < 4.78 is 45.8. The number of aromatic nitrogens is 2. The Kier molecular flexibility index (Phi) is 5.99.